The zero-order valence-corrected chi connectivity index (χ0v) is 9.33. The molecule has 0 aromatic rings. The van der Waals surface area contributed by atoms with Gasteiger partial charge in [0, 0.05) is 6.04 Å². The van der Waals surface area contributed by atoms with Gasteiger partial charge in [0.1, 0.15) is 0 Å². The number of carbonyl (C=O) groups is 1. The first-order chi connectivity index (χ1) is 6.57. The highest BCUT2D eigenvalue weighted by molar-refractivity contribution is 5.67. The van der Waals surface area contributed by atoms with E-state index in [1.807, 2.05) is 6.92 Å². The van der Waals surface area contributed by atoms with Crippen LogP contribution < -0.4 is 5.73 Å². The maximum absolute atomic E-state index is 10.4. The minimum atomic E-state index is -0.794. The lowest BCUT2D eigenvalue weighted by molar-refractivity contribution is -0.137. The number of nitrogens with two attached hydrogens (primary N) is 1. The quantitative estimate of drug-likeness (QED) is 0.593. The highest BCUT2D eigenvalue weighted by Gasteiger charge is 2.15. The van der Waals surface area contributed by atoms with Crippen molar-refractivity contribution in [1.82, 2.24) is 0 Å². The third kappa shape index (κ3) is 6.89. The van der Waals surface area contributed by atoms with E-state index in [9.17, 15) is 4.79 Å². The Morgan fingerprint density at radius 3 is 2.50 bits per heavy atom. The van der Waals surface area contributed by atoms with E-state index in [1.165, 1.54) is 25.7 Å². The van der Waals surface area contributed by atoms with Gasteiger partial charge in [0.25, 0.3) is 0 Å². The summed E-state index contributed by atoms with van der Waals surface area (Å²) in [6.07, 6.45) is 6.04. The second-order valence-electron chi connectivity index (χ2n) is 4.09. The second kappa shape index (κ2) is 7.80. The number of unbranched alkanes of at least 4 members (excludes halogenated alkanes) is 3. The highest BCUT2D eigenvalue weighted by atomic mass is 16.4. The molecule has 0 heterocycles. The van der Waals surface area contributed by atoms with Crippen LogP contribution >= 0.6 is 0 Å². The molecule has 0 amide bonds. The van der Waals surface area contributed by atoms with Gasteiger partial charge in [-0.05, 0) is 12.3 Å². The fraction of sp³-hybridized carbons (Fsp3) is 0.909. The van der Waals surface area contributed by atoms with Crippen LogP contribution in [0.3, 0.4) is 0 Å². The van der Waals surface area contributed by atoms with Crippen LogP contribution in [0.15, 0.2) is 0 Å². The summed E-state index contributed by atoms with van der Waals surface area (Å²) in [6, 6.07) is -0.186. The summed E-state index contributed by atoms with van der Waals surface area (Å²) in [6.45, 7) is 4.22. The van der Waals surface area contributed by atoms with E-state index in [2.05, 4.69) is 6.92 Å². The first-order valence-corrected chi connectivity index (χ1v) is 5.55. The van der Waals surface area contributed by atoms with Gasteiger partial charge >= 0.3 is 5.97 Å². The van der Waals surface area contributed by atoms with Crippen molar-refractivity contribution in [3.8, 4) is 0 Å². The zero-order chi connectivity index (χ0) is 11.0. The number of carboxylic acids is 1. The molecule has 0 radical (unpaired) electrons. The molecular formula is C11H23NO2. The van der Waals surface area contributed by atoms with Gasteiger partial charge in [-0.1, -0.05) is 39.5 Å². The molecule has 0 aliphatic rings. The van der Waals surface area contributed by atoms with Crippen LogP contribution in [0.2, 0.25) is 0 Å². The standard InChI is InChI=1S/C11H23NO2/c1-3-4-5-6-7-9(2)10(12)8-11(13)14/h9-10H,3-8,12H2,1-2H3,(H,13,14)/t9-,10+/m0/s1. The molecule has 0 rings (SSSR count). The predicted octanol–water partition coefficient (Wildman–Crippen LogP) is 2.39. The van der Waals surface area contributed by atoms with E-state index in [-0.39, 0.29) is 12.5 Å². The van der Waals surface area contributed by atoms with Crippen molar-refractivity contribution in [2.75, 3.05) is 0 Å². The molecule has 14 heavy (non-hydrogen) atoms. The van der Waals surface area contributed by atoms with Crippen molar-refractivity contribution in [1.29, 1.82) is 0 Å². The molecule has 0 unspecified atom stereocenters. The second-order valence-corrected chi connectivity index (χ2v) is 4.09. The highest BCUT2D eigenvalue weighted by Crippen LogP contribution is 2.14. The van der Waals surface area contributed by atoms with Crippen LogP contribution in [-0.2, 0) is 4.79 Å². The van der Waals surface area contributed by atoms with E-state index >= 15 is 0 Å². The Balaban J connectivity index is 3.51. The SMILES string of the molecule is CCCCCC[C@H](C)[C@H](N)CC(=O)O. The normalized spacial score (nSPS) is 15.1. The molecule has 3 heteroatoms. The van der Waals surface area contributed by atoms with Gasteiger partial charge < -0.3 is 10.8 Å². The molecule has 84 valence electrons. The van der Waals surface area contributed by atoms with E-state index < -0.39 is 5.97 Å². The van der Waals surface area contributed by atoms with Gasteiger partial charge in [0.05, 0.1) is 6.42 Å². The van der Waals surface area contributed by atoms with Crippen molar-refractivity contribution in [3.05, 3.63) is 0 Å². The van der Waals surface area contributed by atoms with E-state index in [0.717, 1.165) is 6.42 Å². The predicted molar refractivity (Wildman–Crippen MR) is 58.2 cm³/mol. The van der Waals surface area contributed by atoms with E-state index in [0.29, 0.717) is 5.92 Å². The Bertz CT molecular complexity index is 159. The van der Waals surface area contributed by atoms with Crippen molar-refractivity contribution in [2.24, 2.45) is 11.7 Å². The molecule has 0 aliphatic carbocycles. The lowest BCUT2D eigenvalue weighted by Crippen LogP contribution is -2.30. The summed E-state index contributed by atoms with van der Waals surface area (Å²) in [7, 11) is 0. The maximum Gasteiger partial charge on any atom is 0.304 e. The first-order valence-electron chi connectivity index (χ1n) is 5.55. The van der Waals surface area contributed by atoms with E-state index in [4.69, 9.17) is 10.8 Å². The molecule has 0 bridgehead atoms. The summed E-state index contributed by atoms with van der Waals surface area (Å²) in [5.74, 6) is -0.471. The van der Waals surface area contributed by atoms with Crippen LogP contribution in [0, 0.1) is 5.92 Å². The van der Waals surface area contributed by atoms with Crippen molar-refractivity contribution < 1.29 is 9.90 Å². The molecular weight excluding hydrogens is 178 g/mol. The Morgan fingerprint density at radius 1 is 1.36 bits per heavy atom. The third-order valence-electron chi connectivity index (χ3n) is 2.65. The average Bonchev–Trinajstić information content (AvgIpc) is 2.11. The smallest absolute Gasteiger partial charge is 0.304 e. The molecule has 0 saturated heterocycles. The zero-order valence-electron chi connectivity index (χ0n) is 9.33. The summed E-state index contributed by atoms with van der Waals surface area (Å²) in [5, 5.41) is 8.56. The van der Waals surface area contributed by atoms with E-state index in [1.54, 1.807) is 0 Å². The monoisotopic (exact) mass is 201 g/mol. The number of hydrogen-bond donors (Lipinski definition) is 2. The van der Waals surface area contributed by atoms with Gasteiger partial charge in [0.15, 0.2) is 0 Å². The van der Waals surface area contributed by atoms with Gasteiger partial charge in [-0.2, -0.15) is 0 Å². The van der Waals surface area contributed by atoms with Crippen molar-refractivity contribution in [2.45, 2.75) is 58.4 Å². The summed E-state index contributed by atoms with van der Waals surface area (Å²) >= 11 is 0. The summed E-state index contributed by atoms with van der Waals surface area (Å²) in [5.41, 5.74) is 5.75. The third-order valence-corrected chi connectivity index (χ3v) is 2.65. The maximum atomic E-state index is 10.4. The fourth-order valence-corrected chi connectivity index (χ4v) is 1.51. The van der Waals surface area contributed by atoms with Gasteiger partial charge in [-0.3, -0.25) is 4.79 Å². The topological polar surface area (TPSA) is 63.3 Å². The summed E-state index contributed by atoms with van der Waals surface area (Å²) in [4.78, 5) is 10.4. The Morgan fingerprint density at radius 2 is 2.00 bits per heavy atom. The molecule has 0 aromatic carbocycles. The van der Waals surface area contributed by atoms with Crippen LogP contribution in [0.5, 0.6) is 0 Å². The first kappa shape index (κ1) is 13.4. The average molecular weight is 201 g/mol. The minimum absolute atomic E-state index is 0.0922. The molecule has 0 aromatic heterocycles. The molecule has 0 spiro atoms. The molecule has 3 nitrogen and oxygen atoms in total. The largest absolute Gasteiger partial charge is 0.481 e. The van der Waals surface area contributed by atoms with Crippen molar-refractivity contribution in [3.63, 3.8) is 0 Å². The Labute approximate surface area is 86.7 Å². The fourth-order valence-electron chi connectivity index (χ4n) is 1.51. The summed E-state index contributed by atoms with van der Waals surface area (Å²) < 4.78 is 0. The molecule has 3 N–H and O–H groups in total. The Kier molecular flexibility index (Phi) is 7.48. The van der Waals surface area contributed by atoms with Gasteiger partial charge in [0.2, 0.25) is 0 Å². The van der Waals surface area contributed by atoms with Crippen LogP contribution in [0.1, 0.15) is 52.4 Å². The lowest BCUT2D eigenvalue weighted by Gasteiger charge is -2.17. The molecule has 0 saturated carbocycles. The number of carboxylic acid groups (broad SMARTS) is 1. The minimum Gasteiger partial charge on any atom is -0.481 e. The lowest BCUT2D eigenvalue weighted by atomic mass is 9.94. The van der Waals surface area contributed by atoms with Gasteiger partial charge in [-0.25, -0.2) is 0 Å². The molecule has 0 aliphatic heterocycles. The van der Waals surface area contributed by atoms with Crippen LogP contribution in [0.25, 0.3) is 0 Å². The Hall–Kier alpha value is -0.570. The van der Waals surface area contributed by atoms with Gasteiger partial charge in [-0.15, -0.1) is 0 Å². The molecule has 2 atom stereocenters. The van der Waals surface area contributed by atoms with Crippen LogP contribution in [-0.4, -0.2) is 17.1 Å². The molecule has 0 fully saturated rings. The number of hydrogen-bond acceptors (Lipinski definition) is 2. The van der Waals surface area contributed by atoms with Crippen molar-refractivity contribution >= 4 is 5.97 Å². The number of aliphatic carboxylic acids is 1. The number of rotatable bonds is 8. The van der Waals surface area contributed by atoms with Crippen LogP contribution in [0.4, 0.5) is 0 Å².